The fourth-order valence-corrected chi connectivity index (χ4v) is 4.30. The van der Waals surface area contributed by atoms with E-state index in [2.05, 4.69) is 65.8 Å². The van der Waals surface area contributed by atoms with E-state index in [9.17, 15) is 5.11 Å². The highest BCUT2D eigenvalue weighted by atomic mass is 16.3. The Hall–Kier alpha value is -3.07. The Morgan fingerprint density at radius 1 is 0.938 bits per heavy atom. The molecule has 0 aromatic heterocycles. The molecule has 0 saturated heterocycles. The lowest BCUT2D eigenvalue weighted by molar-refractivity contribution is 0.475. The topological polar surface area (TPSA) is 58.6 Å². The minimum atomic E-state index is 0.275. The molecule has 0 amide bonds. The zero-order chi connectivity index (χ0) is 23.4. The Balaban J connectivity index is 2.03. The number of nitrogens with two attached hydrogens (primary N) is 1. The molecule has 0 radical (unpaired) electrons. The summed E-state index contributed by atoms with van der Waals surface area (Å²) in [6, 6.07) is 16.4. The highest BCUT2D eigenvalue weighted by Crippen LogP contribution is 2.34. The SMILES string of the molecule is CC/C(=N\c1c(C)cc(Cc2cc(C)c(N)c(CC)c2)cc1C(C)C)c1ccc(O)cc1. The van der Waals surface area contributed by atoms with Gasteiger partial charge in [-0.2, -0.15) is 0 Å². The number of phenols is 1. The zero-order valence-electron chi connectivity index (χ0n) is 20.3. The van der Waals surface area contributed by atoms with Crippen LogP contribution in [0.15, 0.2) is 53.5 Å². The van der Waals surface area contributed by atoms with Crippen LogP contribution >= 0.6 is 0 Å². The number of aryl methyl sites for hydroxylation is 3. The molecule has 0 aliphatic heterocycles. The predicted molar refractivity (Wildman–Crippen MR) is 138 cm³/mol. The summed E-state index contributed by atoms with van der Waals surface area (Å²) in [5.41, 5.74) is 17.8. The van der Waals surface area contributed by atoms with Gasteiger partial charge in [-0.1, -0.05) is 52.0 Å². The quantitative estimate of drug-likeness (QED) is 0.304. The Kier molecular flexibility index (Phi) is 7.40. The molecule has 0 unspecified atom stereocenters. The van der Waals surface area contributed by atoms with Gasteiger partial charge < -0.3 is 10.8 Å². The van der Waals surface area contributed by atoms with E-state index in [4.69, 9.17) is 10.7 Å². The van der Waals surface area contributed by atoms with Crippen molar-refractivity contribution in [1.82, 2.24) is 0 Å². The van der Waals surface area contributed by atoms with Crippen LogP contribution in [0.4, 0.5) is 11.4 Å². The molecule has 0 heterocycles. The summed E-state index contributed by atoms with van der Waals surface area (Å²) >= 11 is 0. The van der Waals surface area contributed by atoms with Crippen molar-refractivity contribution in [3.8, 4) is 5.75 Å². The van der Waals surface area contributed by atoms with E-state index in [0.717, 1.165) is 47.5 Å². The van der Waals surface area contributed by atoms with Crippen LogP contribution in [-0.4, -0.2) is 10.8 Å². The molecule has 0 fully saturated rings. The molecule has 3 heteroatoms. The van der Waals surface area contributed by atoms with Gasteiger partial charge in [0.15, 0.2) is 0 Å². The smallest absolute Gasteiger partial charge is 0.115 e. The molecule has 3 nitrogen and oxygen atoms in total. The van der Waals surface area contributed by atoms with Gasteiger partial charge in [-0.25, -0.2) is 0 Å². The normalized spacial score (nSPS) is 11.9. The lowest BCUT2D eigenvalue weighted by Crippen LogP contribution is -2.02. The number of rotatable bonds is 7. The molecule has 3 aromatic rings. The number of benzene rings is 3. The molecule has 3 rings (SSSR count). The number of phenolic OH excluding ortho intramolecular Hbond substituents is 1. The largest absolute Gasteiger partial charge is 0.508 e. The van der Waals surface area contributed by atoms with Crippen molar-refractivity contribution in [2.45, 2.75) is 66.7 Å². The number of aromatic hydroxyl groups is 1. The van der Waals surface area contributed by atoms with E-state index in [1.165, 1.54) is 27.8 Å². The van der Waals surface area contributed by atoms with E-state index >= 15 is 0 Å². The van der Waals surface area contributed by atoms with Gasteiger partial charge in [0, 0.05) is 11.4 Å². The maximum atomic E-state index is 9.63. The number of nitrogen functional groups attached to an aromatic ring is 1. The van der Waals surface area contributed by atoms with Crippen LogP contribution in [0.1, 0.15) is 79.0 Å². The maximum absolute atomic E-state index is 9.63. The van der Waals surface area contributed by atoms with Gasteiger partial charge in [-0.3, -0.25) is 4.99 Å². The minimum Gasteiger partial charge on any atom is -0.508 e. The van der Waals surface area contributed by atoms with Crippen molar-refractivity contribution in [3.63, 3.8) is 0 Å². The van der Waals surface area contributed by atoms with Crippen LogP contribution < -0.4 is 5.73 Å². The summed E-state index contributed by atoms with van der Waals surface area (Å²) in [5, 5.41) is 9.63. The molecule has 0 atom stereocenters. The van der Waals surface area contributed by atoms with Crippen LogP contribution in [0, 0.1) is 13.8 Å². The third kappa shape index (κ3) is 5.21. The lowest BCUT2D eigenvalue weighted by Gasteiger charge is -2.17. The maximum Gasteiger partial charge on any atom is 0.115 e. The molecule has 0 aliphatic carbocycles. The predicted octanol–water partition coefficient (Wildman–Crippen LogP) is 7.40. The fourth-order valence-electron chi connectivity index (χ4n) is 4.30. The second-order valence-electron chi connectivity index (χ2n) is 8.98. The standard InChI is InChI=1S/C29H36N2O/c1-7-23-16-21(13-19(5)28(23)30)15-22-14-20(6)29(26(17-22)18(3)4)31-27(8-2)24-9-11-25(32)12-10-24/h9-14,16-18,32H,7-8,15,30H2,1-6H3/b31-27+. The summed E-state index contributed by atoms with van der Waals surface area (Å²) in [6.07, 6.45) is 2.66. The number of hydrogen-bond acceptors (Lipinski definition) is 3. The molecule has 3 N–H and O–H groups in total. The molecule has 0 bridgehead atoms. The number of anilines is 1. The third-order valence-corrected chi connectivity index (χ3v) is 6.12. The second kappa shape index (κ2) is 10.0. The first-order valence-electron chi connectivity index (χ1n) is 11.6. The molecule has 0 spiro atoms. The van der Waals surface area contributed by atoms with Crippen LogP contribution in [0.2, 0.25) is 0 Å². The Morgan fingerprint density at radius 3 is 2.16 bits per heavy atom. The highest BCUT2D eigenvalue weighted by molar-refractivity contribution is 6.02. The number of nitrogens with zero attached hydrogens (tertiary/aromatic N) is 1. The molecule has 0 aliphatic rings. The van der Waals surface area contributed by atoms with Crippen LogP contribution in [-0.2, 0) is 12.8 Å². The average Bonchev–Trinajstić information content (AvgIpc) is 2.76. The summed E-state index contributed by atoms with van der Waals surface area (Å²) in [7, 11) is 0. The van der Waals surface area contributed by atoms with Crippen molar-refractivity contribution in [2.24, 2.45) is 4.99 Å². The summed E-state index contributed by atoms with van der Waals surface area (Å²) < 4.78 is 0. The molecule has 3 aromatic carbocycles. The van der Waals surface area contributed by atoms with Gasteiger partial charge in [0.05, 0.1) is 5.69 Å². The second-order valence-corrected chi connectivity index (χ2v) is 8.98. The summed E-state index contributed by atoms with van der Waals surface area (Å²) in [6.45, 7) is 13.0. The van der Waals surface area contributed by atoms with Crippen molar-refractivity contribution in [2.75, 3.05) is 5.73 Å². The van der Waals surface area contributed by atoms with Crippen molar-refractivity contribution in [1.29, 1.82) is 0 Å². The van der Waals surface area contributed by atoms with Crippen molar-refractivity contribution < 1.29 is 5.11 Å². The lowest BCUT2D eigenvalue weighted by atomic mass is 9.91. The van der Waals surface area contributed by atoms with Crippen molar-refractivity contribution in [3.05, 3.63) is 87.5 Å². The monoisotopic (exact) mass is 428 g/mol. The zero-order valence-corrected chi connectivity index (χ0v) is 20.3. The van der Waals surface area contributed by atoms with Crippen LogP contribution in [0.5, 0.6) is 5.75 Å². The highest BCUT2D eigenvalue weighted by Gasteiger charge is 2.14. The third-order valence-electron chi connectivity index (χ3n) is 6.12. The molecule has 32 heavy (non-hydrogen) atoms. The van der Waals surface area contributed by atoms with Gasteiger partial charge in [0.1, 0.15) is 5.75 Å². The van der Waals surface area contributed by atoms with E-state index in [1.54, 1.807) is 12.1 Å². The van der Waals surface area contributed by atoms with Gasteiger partial charge in [0.25, 0.3) is 0 Å². The molecule has 168 valence electrons. The first-order valence-corrected chi connectivity index (χ1v) is 11.6. The van der Waals surface area contributed by atoms with E-state index in [1.807, 2.05) is 12.1 Å². The molecular weight excluding hydrogens is 392 g/mol. The van der Waals surface area contributed by atoms with E-state index in [-0.39, 0.29) is 5.75 Å². The van der Waals surface area contributed by atoms with E-state index in [0.29, 0.717) is 5.92 Å². The average molecular weight is 429 g/mol. The first-order chi connectivity index (χ1) is 15.2. The molecule has 0 saturated carbocycles. The van der Waals surface area contributed by atoms with Crippen LogP contribution in [0.25, 0.3) is 0 Å². The minimum absolute atomic E-state index is 0.275. The number of hydrogen-bond donors (Lipinski definition) is 2. The molecular formula is C29H36N2O. The van der Waals surface area contributed by atoms with Gasteiger partial charge in [0.2, 0.25) is 0 Å². The summed E-state index contributed by atoms with van der Waals surface area (Å²) in [5.74, 6) is 0.640. The van der Waals surface area contributed by atoms with Gasteiger partial charge >= 0.3 is 0 Å². The Bertz CT molecular complexity index is 1120. The Labute approximate surface area is 193 Å². The fraction of sp³-hybridized carbons (Fsp3) is 0.345. The van der Waals surface area contributed by atoms with Crippen molar-refractivity contribution >= 4 is 17.1 Å². The first kappa shape index (κ1) is 23.6. The number of aliphatic imine (C=N–C) groups is 1. The Morgan fingerprint density at radius 2 is 1.56 bits per heavy atom. The van der Waals surface area contributed by atoms with Gasteiger partial charge in [-0.05, 0) is 102 Å². The van der Waals surface area contributed by atoms with E-state index < -0.39 is 0 Å². The summed E-state index contributed by atoms with van der Waals surface area (Å²) in [4.78, 5) is 5.12. The van der Waals surface area contributed by atoms with Crippen LogP contribution in [0.3, 0.4) is 0 Å². The van der Waals surface area contributed by atoms with Gasteiger partial charge in [-0.15, -0.1) is 0 Å².